The molecule has 1 nitrogen and oxygen atoms in total. The van der Waals surface area contributed by atoms with Crippen LogP contribution in [0, 0.1) is 0 Å². The van der Waals surface area contributed by atoms with E-state index in [2.05, 4.69) is 23.2 Å². The van der Waals surface area contributed by atoms with Crippen molar-refractivity contribution < 1.29 is 0 Å². The first-order chi connectivity index (χ1) is 7.47. The Hall–Kier alpha value is -1.37. The van der Waals surface area contributed by atoms with Crippen LogP contribution in [0.15, 0.2) is 35.3 Å². The van der Waals surface area contributed by atoms with Crippen molar-refractivity contribution in [3.05, 3.63) is 35.9 Å². The van der Waals surface area contributed by atoms with Gasteiger partial charge in [0, 0.05) is 12.6 Å². The number of aliphatic imine (C=N–C) groups is 1. The molecule has 82 valence electrons. The summed E-state index contributed by atoms with van der Waals surface area (Å²) in [6, 6.07) is 8.15. The number of para-hydroxylation sites is 1. The van der Waals surface area contributed by atoms with Gasteiger partial charge in [-0.2, -0.15) is 0 Å². The number of hydrogen-bond donors (Lipinski definition) is 0. The van der Waals surface area contributed by atoms with E-state index < -0.39 is 0 Å². The Morgan fingerprint density at radius 3 is 2.40 bits per heavy atom. The highest BCUT2D eigenvalue weighted by Crippen LogP contribution is 2.21. The summed E-state index contributed by atoms with van der Waals surface area (Å²) >= 11 is 0. The van der Waals surface area contributed by atoms with Gasteiger partial charge >= 0.3 is 0 Å². The number of nitrogens with zero attached hydrogens (tertiary/aromatic N) is 1. The maximum Gasteiger partial charge on any atom is 0.0698 e. The minimum absolute atomic E-state index is 0.939. The van der Waals surface area contributed by atoms with Crippen LogP contribution < -0.4 is 0 Å². The van der Waals surface area contributed by atoms with Gasteiger partial charge in [-0.1, -0.05) is 58.0 Å². The summed E-state index contributed by atoms with van der Waals surface area (Å²) in [7, 11) is 0. The SMILES string of the molecule is C1=Cc2ccccc2N=CC1.CC.CC. The normalized spacial score (nSPS) is 11.2. The number of fused-ring (bicyclic) bond motifs is 1. The molecule has 0 fully saturated rings. The molecule has 2 rings (SSSR count). The van der Waals surface area contributed by atoms with Crippen molar-refractivity contribution >= 4 is 18.0 Å². The van der Waals surface area contributed by atoms with E-state index >= 15 is 0 Å². The zero-order valence-electron chi connectivity index (χ0n) is 10.2. The van der Waals surface area contributed by atoms with Crippen LogP contribution in [0.4, 0.5) is 5.69 Å². The fourth-order valence-corrected chi connectivity index (χ4v) is 1.15. The van der Waals surface area contributed by atoms with Crippen LogP contribution in [0.25, 0.3) is 6.08 Å². The molecule has 0 aromatic heterocycles. The molecule has 0 saturated heterocycles. The first-order valence-corrected chi connectivity index (χ1v) is 5.75. The Morgan fingerprint density at radius 2 is 1.67 bits per heavy atom. The predicted molar refractivity (Wildman–Crippen MR) is 70.9 cm³/mol. The van der Waals surface area contributed by atoms with Gasteiger partial charge in [0.15, 0.2) is 0 Å². The van der Waals surface area contributed by atoms with Crippen LogP contribution in [-0.2, 0) is 0 Å². The maximum absolute atomic E-state index is 4.30. The van der Waals surface area contributed by atoms with E-state index in [9.17, 15) is 0 Å². The fourth-order valence-electron chi connectivity index (χ4n) is 1.15. The van der Waals surface area contributed by atoms with E-state index in [0.29, 0.717) is 0 Å². The van der Waals surface area contributed by atoms with Gasteiger partial charge in [0.25, 0.3) is 0 Å². The second-order valence-electron chi connectivity index (χ2n) is 2.51. The molecule has 15 heavy (non-hydrogen) atoms. The maximum atomic E-state index is 4.30. The van der Waals surface area contributed by atoms with Gasteiger partial charge in [-0.25, -0.2) is 0 Å². The van der Waals surface area contributed by atoms with Crippen LogP contribution in [0.2, 0.25) is 0 Å². The zero-order chi connectivity index (χ0) is 11.5. The largest absolute Gasteiger partial charge is 0.260 e. The standard InChI is InChI=1S/C10H9N.2C2H6/c1-2-7-10-9(5-1)6-3-4-8-11-10;2*1-2/h1-3,5-8H,4H2;2*1-2H3. The van der Waals surface area contributed by atoms with Gasteiger partial charge in [-0.15, -0.1) is 0 Å². The quantitative estimate of drug-likeness (QED) is 0.571. The lowest BCUT2D eigenvalue weighted by Crippen LogP contribution is -1.70. The average Bonchev–Trinajstić information content (AvgIpc) is 2.59. The number of allylic oxidation sites excluding steroid dienone is 1. The van der Waals surface area contributed by atoms with E-state index in [1.165, 1.54) is 5.56 Å². The van der Waals surface area contributed by atoms with Gasteiger partial charge < -0.3 is 0 Å². The lowest BCUT2D eigenvalue weighted by Gasteiger charge is -1.95. The van der Waals surface area contributed by atoms with Crippen molar-refractivity contribution in [2.45, 2.75) is 34.1 Å². The Bertz CT molecular complexity index is 280. The van der Waals surface area contributed by atoms with E-state index in [0.717, 1.165) is 12.1 Å². The highest BCUT2D eigenvalue weighted by atomic mass is 14.7. The highest BCUT2D eigenvalue weighted by Gasteiger charge is 1.96. The van der Waals surface area contributed by atoms with E-state index in [1.807, 2.05) is 52.1 Å². The Kier molecular flexibility index (Phi) is 8.36. The Labute approximate surface area is 93.6 Å². The van der Waals surface area contributed by atoms with Crippen LogP contribution in [0.5, 0.6) is 0 Å². The minimum atomic E-state index is 0.939. The molecule has 0 unspecified atom stereocenters. The zero-order valence-corrected chi connectivity index (χ0v) is 10.2. The van der Waals surface area contributed by atoms with E-state index in [-0.39, 0.29) is 0 Å². The summed E-state index contributed by atoms with van der Waals surface area (Å²) in [5.74, 6) is 0. The lowest BCUT2D eigenvalue weighted by atomic mass is 10.2. The average molecular weight is 203 g/mol. The molecule has 0 N–H and O–H groups in total. The molecule has 1 aliphatic rings. The second kappa shape index (κ2) is 9.20. The van der Waals surface area contributed by atoms with Gasteiger partial charge in [0.05, 0.1) is 5.69 Å². The van der Waals surface area contributed by atoms with E-state index in [4.69, 9.17) is 0 Å². The number of benzene rings is 1. The molecule has 0 spiro atoms. The fraction of sp³-hybridized carbons (Fsp3) is 0.357. The lowest BCUT2D eigenvalue weighted by molar-refractivity contribution is 1.49. The van der Waals surface area contributed by atoms with E-state index in [1.54, 1.807) is 0 Å². The van der Waals surface area contributed by atoms with Crippen LogP contribution in [-0.4, -0.2) is 6.21 Å². The summed E-state index contributed by atoms with van der Waals surface area (Å²) in [5, 5.41) is 0. The topological polar surface area (TPSA) is 12.4 Å². The molecule has 0 amide bonds. The third-order valence-electron chi connectivity index (χ3n) is 1.71. The molecule has 0 saturated carbocycles. The van der Waals surface area contributed by atoms with Crippen molar-refractivity contribution in [2.75, 3.05) is 0 Å². The van der Waals surface area contributed by atoms with Crippen LogP contribution in [0.3, 0.4) is 0 Å². The first kappa shape index (κ1) is 13.6. The van der Waals surface area contributed by atoms with Crippen molar-refractivity contribution in [3.63, 3.8) is 0 Å². The monoisotopic (exact) mass is 203 g/mol. The van der Waals surface area contributed by atoms with Crippen LogP contribution in [0.1, 0.15) is 39.7 Å². The molecule has 1 aromatic rings. The number of hydrogen-bond acceptors (Lipinski definition) is 1. The van der Waals surface area contributed by atoms with Crippen LogP contribution >= 0.6 is 0 Å². The molecule has 0 bridgehead atoms. The molecule has 1 heterocycles. The molecule has 1 aliphatic heterocycles. The molecular formula is C14H21N. The van der Waals surface area contributed by atoms with Gasteiger partial charge in [0.1, 0.15) is 0 Å². The van der Waals surface area contributed by atoms with Gasteiger partial charge in [-0.05, 0) is 11.6 Å². The molecule has 1 heteroatoms. The minimum Gasteiger partial charge on any atom is -0.260 e. The highest BCUT2D eigenvalue weighted by molar-refractivity contribution is 5.75. The summed E-state index contributed by atoms with van der Waals surface area (Å²) < 4.78 is 0. The molecular weight excluding hydrogens is 182 g/mol. The predicted octanol–water partition coefficient (Wildman–Crippen LogP) is 4.86. The Morgan fingerprint density at radius 1 is 1.00 bits per heavy atom. The first-order valence-electron chi connectivity index (χ1n) is 5.75. The smallest absolute Gasteiger partial charge is 0.0698 e. The van der Waals surface area contributed by atoms with Crippen molar-refractivity contribution in [1.82, 2.24) is 0 Å². The molecule has 1 aromatic carbocycles. The molecule has 0 atom stereocenters. The molecule has 0 radical (unpaired) electrons. The third-order valence-corrected chi connectivity index (χ3v) is 1.71. The second-order valence-corrected chi connectivity index (χ2v) is 2.51. The van der Waals surface area contributed by atoms with Crippen molar-refractivity contribution in [3.8, 4) is 0 Å². The third kappa shape index (κ3) is 4.59. The molecule has 0 aliphatic carbocycles. The summed E-state index contributed by atoms with van der Waals surface area (Å²) in [4.78, 5) is 4.30. The van der Waals surface area contributed by atoms with Gasteiger partial charge in [-0.3, -0.25) is 4.99 Å². The summed E-state index contributed by atoms with van der Waals surface area (Å²) in [6.07, 6.45) is 7.11. The number of rotatable bonds is 0. The summed E-state index contributed by atoms with van der Waals surface area (Å²) in [6.45, 7) is 8.00. The van der Waals surface area contributed by atoms with Gasteiger partial charge in [0.2, 0.25) is 0 Å². The Balaban J connectivity index is 0.000000442. The van der Waals surface area contributed by atoms with Crippen molar-refractivity contribution in [2.24, 2.45) is 4.99 Å². The summed E-state index contributed by atoms with van der Waals surface area (Å²) in [5.41, 5.74) is 2.28. The van der Waals surface area contributed by atoms with Crippen molar-refractivity contribution in [1.29, 1.82) is 0 Å².